The summed E-state index contributed by atoms with van der Waals surface area (Å²) >= 11 is 11.8. The van der Waals surface area contributed by atoms with Gasteiger partial charge < -0.3 is 10.6 Å². The van der Waals surface area contributed by atoms with Crippen LogP contribution in [0, 0.1) is 0 Å². The first-order chi connectivity index (χ1) is 10.6. The summed E-state index contributed by atoms with van der Waals surface area (Å²) in [5, 5.41) is 5.81. The number of halogens is 2. The molecule has 7 heteroatoms. The number of pyridine rings is 1. The maximum Gasteiger partial charge on any atom is 0.258 e. The minimum Gasteiger partial charge on any atom is -0.352 e. The van der Waals surface area contributed by atoms with E-state index in [2.05, 4.69) is 15.6 Å². The zero-order valence-electron chi connectivity index (χ0n) is 11.3. The monoisotopic (exact) mass is 335 g/mol. The lowest BCUT2D eigenvalue weighted by Gasteiger charge is -2.17. The van der Waals surface area contributed by atoms with Gasteiger partial charge in [0, 0.05) is 30.2 Å². The van der Waals surface area contributed by atoms with Gasteiger partial charge in [0.25, 0.3) is 11.8 Å². The van der Waals surface area contributed by atoms with Crippen molar-refractivity contribution in [2.75, 3.05) is 11.9 Å². The van der Waals surface area contributed by atoms with Gasteiger partial charge in [0.2, 0.25) is 0 Å². The average molecular weight is 336 g/mol. The van der Waals surface area contributed by atoms with E-state index < -0.39 is 5.91 Å². The highest BCUT2D eigenvalue weighted by atomic mass is 35.5. The topological polar surface area (TPSA) is 71.1 Å². The lowest BCUT2D eigenvalue weighted by atomic mass is 10.00. The van der Waals surface area contributed by atoms with Crippen molar-refractivity contribution < 1.29 is 9.59 Å². The van der Waals surface area contributed by atoms with Crippen LogP contribution < -0.4 is 10.6 Å². The van der Waals surface area contributed by atoms with Crippen LogP contribution in [-0.4, -0.2) is 23.3 Å². The molecule has 2 N–H and O–H groups in total. The lowest BCUT2D eigenvalue weighted by molar-refractivity contribution is 0.0944. The van der Waals surface area contributed by atoms with Crippen molar-refractivity contribution in [2.45, 2.75) is 6.42 Å². The first-order valence-electron chi connectivity index (χ1n) is 6.58. The normalized spacial score (nSPS) is 13.3. The first kappa shape index (κ1) is 14.8. The Kier molecular flexibility index (Phi) is 4.00. The fourth-order valence-electron chi connectivity index (χ4n) is 2.27. The van der Waals surface area contributed by atoms with Crippen molar-refractivity contribution in [1.29, 1.82) is 0 Å². The van der Waals surface area contributed by atoms with Crippen LogP contribution in [0.1, 0.15) is 26.3 Å². The number of hydrogen-bond donors (Lipinski definition) is 2. The molecule has 1 aromatic carbocycles. The number of nitrogens with zero attached hydrogens (tertiary/aromatic N) is 1. The minimum atomic E-state index is -0.434. The van der Waals surface area contributed by atoms with Gasteiger partial charge in [-0.25, -0.2) is 0 Å². The number of aromatic nitrogens is 1. The van der Waals surface area contributed by atoms with Crippen LogP contribution in [0.25, 0.3) is 0 Å². The Hall–Kier alpha value is -2.11. The van der Waals surface area contributed by atoms with Gasteiger partial charge in [0.05, 0.1) is 15.6 Å². The molecule has 0 radical (unpaired) electrons. The summed E-state index contributed by atoms with van der Waals surface area (Å²) in [5.74, 6) is -0.573. The molecule has 2 aromatic rings. The standard InChI is InChI=1S/C15H11Cl2N3O2/c16-12-7-18-6-11(13(12)17)15(22)20-9-2-1-8-3-4-19-14(21)10(8)5-9/h1-2,5-7H,3-4H2,(H,19,21)(H,20,22). The number of nitrogens with one attached hydrogen (secondary N) is 2. The van der Waals surface area contributed by atoms with Crippen LogP contribution >= 0.6 is 23.2 Å². The molecule has 2 amide bonds. The quantitative estimate of drug-likeness (QED) is 0.886. The second-order valence-electron chi connectivity index (χ2n) is 4.81. The highest BCUT2D eigenvalue weighted by Gasteiger charge is 2.18. The summed E-state index contributed by atoms with van der Waals surface area (Å²) in [5.41, 5.74) is 2.22. The maximum atomic E-state index is 12.2. The highest BCUT2D eigenvalue weighted by Crippen LogP contribution is 2.25. The molecule has 0 fully saturated rings. The van der Waals surface area contributed by atoms with Crippen molar-refractivity contribution in [1.82, 2.24) is 10.3 Å². The van der Waals surface area contributed by atoms with E-state index in [4.69, 9.17) is 23.2 Å². The number of benzene rings is 1. The molecular formula is C15H11Cl2N3O2. The molecule has 1 aliphatic heterocycles. The average Bonchev–Trinajstić information content (AvgIpc) is 2.51. The number of carbonyl (C=O) groups excluding carboxylic acids is 2. The van der Waals surface area contributed by atoms with Gasteiger partial charge >= 0.3 is 0 Å². The van der Waals surface area contributed by atoms with E-state index in [-0.39, 0.29) is 21.5 Å². The molecule has 1 aliphatic rings. The molecule has 0 saturated heterocycles. The zero-order valence-corrected chi connectivity index (χ0v) is 12.8. The van der Waals surface area contributed by atoms with Gasteiger partial charge in [-0.15, -0.1) is 0 Å². The van der Waals surface area contributed by atoms with E-state index in [1.165, 1.54) is 12.4 Å². The Balaban J connectivity index is 1.87. The second kappa shape index (κ2) is 5.94. The Morgan fingerprint density at radius 2 is 2.09 bits per heavy atom. The molecule has 2 heterocycles. The molecule has 0 saturated carbocycles. The third kappa shape index (κ3) is 2.77. The molecule has 5 nitrogen and oxygen atoms in total. The van der Waals surface area contributed by atoms with Crippen LogP contribution in [0.2, 0.25) is 10.0 Å². The second-order valence-corrected chi connectivity index (χ2v) is 5.60. The number of carbonyl (C=O) groups is 2. The molecule has 1 aromatic heterocycles. The van der Waals surface area contributed by atoms with E-state index >= 15 is 0 Å². The number of rotatable bonds is 2. The summed E-state index contributed by atoms with van der Waals surface area (Å²) in [4.78, 5) is 27.9. The van der Waals surface area contributed by atoms with E-state index in [0.717, 1.165) is 12.0 Å². The van der Waals surface area contributed by atoms with Crippen LogP contribution in [0.15, 0.2) is 30.6 Å². The lowest BCUT2D eigenvalue weighted by Crippen LogP contribution is -2.31. The van der Waals surface area contributed by atoms with E-state index in [1.54, 1.807) is 12.1 Å². The third-order valence-corrected chi connectivity index (χ3v) is 4.17. The molecule has 0 bridgehead atoms. The Morgan fingerprint density at radius 1 is 1.27 bits per heavy atom. The van der Waals surface area contributed by atoms with E-state index in [1.807, 2.05) is 6.07 Å². The molecule has 22 heavy (non-hydrogen) atoms. The fraction of sp³-hybridized carbons (Fsp3) is 0.133. The first-order valence-corrected chi connectivity index (χ1v) is 7.33. The summed E-state index contributed by atoms with van der Waals surface area (Å²) in [6.07, 6.45) is 3.48. The molecule has 0 unspecified atom stereocenters. The van der Waals surface area contributed by atoms with Gasteiger partial charge in [-0.05, 0) is 24.1 Å². The molecule has 3 rings (SSSR count). The Labute approximate surface area is 136 Å². The molecular weight excluding hydrogens is 325 g/mol. The van der Waals surface area contributed by atoms with Crippen LogP contribution in [-0.2, 0) is 6.42 Å². The van der Waals surface area contributed by atoms with Gasteiger partial charge in [0.15, 0.2) is 0 Å². The van der Waals surface area contributed by atoms with Crippen LogP contribution in [0.3, 0.4) is 0 Å². The SMILES string of the molecule is O=C1NCCc2ccc(NC(=O)c3cncc(Cl)c3Cl)cc21. The van der Waals surface area contributed by atoms with E-state index in [0.29, 0.717) is 17.8 Å². The summed E-state index contributed by atoms with van der Waals surface area (Å²) in [6.45, 7) is 0.626. The van der Waals surface area contributed by atoms with E-state index in [9.17, 15) is 9.59 Å². The summed E-state index contributed by atoms with van der Waals surface area (Å²) in [7, 11) is 0. The number of fused-ring (bicyclic) bond motifs is 1. The van der Waals surface area contributed by atoms with Crippen molar-refractivity contribution in [3.05, 3.63) is 57.3 Å². The highest BCUT2D eigenvalue weighted by molar-refractivity contribution is 6.44. The van der Waals surface area contributed by atoms with Gasteiger partial charge in [-0.3, -0.25) is 14.6 Å². The Morgan fingerprint density at radius 3 is 2.91 bits per heavy atom. The van der Waals surface area contributed by atoms with Crippen LogP contribution in [0.5, 0.6) is 0 Å². The van der Waals surface area contributed by atoms with Gasteiger partial charge in [0.1, 0.15) is 0 Å². The maximum absolute atomic E-state index is 12.2. The predicted octanol–water partition coefficient (Wildman–Crippen LogP) is 2.93. The summed E-state index contributed by atoms with van der Waals surface area (Å²) in [6, 6.07) is 5.23. The summed E-state index contributed by atoms with van der Waals surface area (Å²) < 4.78 is 0. The minimum absolute atomic E-state index is 0.139. The van der Waals surface area contributed by atoms with Gasteiger partial charge in [-0.2, -0.15) is 0 Å². The van der Waals surface area contributed by atoms with Gasteiger partial charge in [-0.1, -0.05) is 29.3 Å². The molecule has 0 aliphatic carbocycles. The largest absolute Gasteiger partial charge is 0.352 e. The molecule has 0 atom stereocenters. The van der Waals surface area contributed by atoms with Crippen molar-refractivity contribution in [3.8, 4) is 0 Å². The van der Waals surface area contributed by atoms with Crippen molar-refractivity contribution >= 4 is 40.7 Å². The fourth-order valence-corrected chi connectivity index (χ4v) is 2.61. The van der Waals surface area contributed by atoms with Crippen molar-refractivity contribution in [3.63, 3.8) is 0 Å². The van der Waals surface area contributed by atoms with Crippen molar-refractivity contribution in [2.24, 2.45) is 0 Å². The number of anilines is 1. The molecule has 112 valence electrons. The smallest absolute Gasteiger partial charge is 0.258 e. The van der Waals surface area contributed by atoms with Crippen LogP contribution in [0.4, 0.5) is 5.69 Å². The number of hydrogen-bond acceptors (Lipinski definition) is 3. The zero-order chi connectivity index (χ0) is 15.7. The number of amides is 2. The molecule has 0 spiro atoms. The predicted molar refractivity (Wildman–Crippen MR) is 84.7 cm³/mol. The Bertz CT molecular complexity index is 777. The third-order valence-electron chi connectivity index (χ3n) is 3.37.